The van der Waals surface area contributed by atoms with Gasteiger partial charge in [-0.3, -0.25) is 47.6 Å². The van der Waals surface area contributed by atoms with Crippen molar-refractivity contribution in [2.45, 2.75) is 111 Å². The summed E-state index contributed by atoms with van der Waals surface area (Å²) in [5.41, 5.74) is 4.01. The van der Waals surface area contributed by atoms with Crippen LogP contribution >= 0.6 is 19.4 Å². The van der Waals surface area contributed by atoms with E-state index in [1.54, 1.807) is 75.4 Å². The fraction of sp³-hybridized carbons (Fsp3) is 0.458. The molecule has 4 aromatic carbocycles. The summed E-state index contributed by atoms with van der Waals surface area (Å²) >= 11 is 7.26. The molecule has 22 heteroatoms. The molecule has 6 aromatic rings. The van der Waals surface area contributed by atoms with E-state index in [4.69, 9.17) is 44.5 Å². The number of phosphoric acid groups is 1. The number of benzene rings is 4. The molecule has 0 saturated carbocycles. The highest BCUT2D eigenvalue weighted by Gasteiger charge is 2.41. The summed E-state index contributed by atoms with van der Waals surface area (Å²) in [6.45, 7) is 16.3. The molecule has 3 aliphatic heterocycles. The summed E-state index contributed by atoms with van der Waals surface area (Å²) in [6, 6.07) is 18.0. The number of nitrogens with zero attached hydrogens (tertiary/aromatic N) is 6. The number of hydrogen-bond acceptors (Lipinski definition) is 14. The van der Waals surface area contributed by atoms with Crippen LogP contribution in [0.25, 0.3) is 32.8 Å². The number of piperidine rings is 1. The lowest BCUT2D eigenvalue weighted by atomic mass is 9.98. The van der Waals surface area contributed by atoms with Gasteiger partial charge in [-0.1, -0.05) is 35.9 Å². The van der Waals surface area contributed by atoms with Crippen LogP contribution in [0, 0.1) is 19.7 Å². The average Bonchev–Trinajstić information content (AvgIpc) is 4.11. The van der Waals surface area contributed by atoms with E-state index in [1.807, 2.05) is 55.8 Å². The van der Waals surface area contributed by atoms with Gasteiger partial charge in [0.2, 0.25) is 11.8 Å². The Morgan fingerprint density at radius 1 is 0.840 bits per heavy atom. The maximum absolute atomic E-state index is 15.0. The minimum atomic E-state index is -4.14. The molecule has 9 rings (SSSR count). The number of amides is 4. The maximum atomic E-state index is 15.0. The van der Waals surface area contributed by atoms with Gasteiger partial charge in [0.05, 0.1) is 47.2 Å². The Bertz CT molecular complexity index is 3450. The molecule has 1 N–H and O–H groups in total. The Balaban J connectivity index is 0.961. The average molecular weight is 1150 g/mol. The highest BCUT2D eigenvalue weighted by atomic mass is 35.5. The smallest absolute Gasteiger partial charge is 0.475 e. The lowest BCUT2D eigenvalue weighted by molar-refractivity contribution is -0.137. The topological polar surface area (TPSA) is 202 Å². The summed E-state index contributed by atoms with van der Waals surface area (Å²) in [5, 5.41) is 9.77. The van der Waals surface area contributed by atoms with Crippen molar-refractivity contribution in [3.8, 4) is 22.6 Å². The monoisotopic (exact) mass is 1150 g/mol. The molecule has 0 bridgehead atoms. The van der Waals surface area contributed by atoms with Crippen molar-refractivity contribution >= 4 is 70.7 Å². The normalized spacial score (nSPS) is 16.4. The molecule has 0 spiro atoms. The van der Waals surface area contributed by atoms with Gasteiger partial charge in [-0.05, 0) is 128 Å². The van der Waals surface area contributed by atoms with Gasteiger partial charge < -0.3 is 28.6 Å². The van der Waals surface area contributed by atoms with Crippen LogP contribution in [-0.4, -0.2) is 135 Å². The standard InChI is InChI=1S/C59H70ClFN7O12P/c1-36-51(37(2)64(9)63-36)52-45(60)21-20-42-41(15-12-30-75-47-16-10-13-38-33-39(61)18-19-40(38)47)54(57(73)76-31-32-78-81(74,79-58(3,4)5)80-59(6,7)8)67(53(42)52)29-26-65-24-27-66(28-25-65)50(70)35-77-48-17-11-14-43-44(48)34-68(56(43)72)46-22-23-49(69)62-55(46)71/h10-11,13-14,16-21,33,46H,12,15,22-32,34-35H2,1-9H3,(H,62,69,71). The number of piperazine rings is 1. The number of ether oxygens (including phenoxy) is 3. The number of esters is 1. The predicted octanol–water partition coefficient (Wildman–Crippen LogP) is 9.51. The van der Waals surface area contributed by atoms with E-state index < -0.39 is 36.9 Å². The number of rotatable bonds is 20. The number of aromatic nitrogens is 3. The van der Waals surface area contributed by atoms with E-state index in [0.29, 0.717) is 102 Å². The third-order valence-electron chi connectivity index (χ3n) is 14.5. The van der Waals surface area contributed by atoms with Crippen molar-refractivity contribution < 1.29 is 60.7 Å². The summed E-state index contributed by atoms with van der Waals surface area (Å²) in [5.74, 6) is -1.49. The van der Waals surface area contributed by atoms with Crippen LogP contribution in [0.2, 0.25) is 5.02 Å². The van der Waals surface area contributed by atoms with Gasteiger partial charge in [-0.25, -0.2) is 13.8 Å². The van der Waals surface area contributed by atoms with Crippen LogP contribution in [-0.2, 0) is 63.8 Å². The predicted molar refractivity (Wildman–Crippen MR) is 303 cm³/mol. The zero-order valence-electron chi connectivity index (χ0n) is 47.3. The molecule has 2 saturated heterocycles. The number of fused-ring (bicyclic) bond motifs is 3. The van der Waals surface area contributed by atoms with Gasteiger partial charge in [-0.2, -0.15) is 5.10 Å². The first-order valence-electron chi connectivity index (χ1n) is 27.3. The lowest BCUT2D eigenvalue weighted by Crippen LogP contribution is -2.52. The van der Waals surface area contributed by atoms with Crippen LogP contribution in [0.3, 0.4) is 0 Å². The van der Waals surface area contributed by atoms with Crippen molar-refractivity contribution in [2.24, 2.45) is 7.05 Å². The Kier molecular flexibility index (Phi) is 17.5. The molecule has 4 amide bonds. The lowest BCUT2D eigenvalue weighted by Gasteiger charge is -2.35. The molecule has 0 aliphatic carbocycles. The molecule has 3 aliphatic rings. The summed E-state index contributed by atoms with van der Waals surface area (Å²) in [4.78, 5) is 72.1. The largest absolute Gasteiger partial charge is 0.493 e. The van der Waals surface area contributed by atoms with E-state index in [2.05, 4.69) is 10.2 Å². The molecule has 2 aromatic heterocycles. The number of carbonyl (C=O) groups excluding carboxylic acids is 5. The first-order chi connectivity index (χ1) is 38.4. The van der Waals surface area contributed by atoms with Crippen LogP contribution < -0.4 is 14.8 Å². The van der Waals surface area contributed by atoms with E-state index in [0.717, 1.165) is 27.7 Å². The van der Waals surface area contributed by atoms with Crippen molar-refractivity contribution in [3.63, 3.8) is 0 Å². The number of aryl methyl sites for hydroxylation is 3. The minimum absolute atomic E-state index is 0.110. The van der Waals surface area contributed by atoms with Crippen LogP contribution in [0.15, 0.2) is 66.7 Å². The number of phosphoric ester groups is 1. The van der Waals surface area contributed by atoms with E-state index in [9.17, 15) is 28.1 Å². The van der Waals surface area contributed by atoms with Crippen molar-refractivity contribution in [1.29, 1.82) is 0 Å². The maximum Gasteiger partial charge on any atom is 0.475 e. The van der Waals surface area contributed by atoms with E-state index >= 15 is 4.79 Å². The molecule has 5 heterocycles. The van der Waals surface area contributed by atoms with Crippen LogP contribution in [0.1, 0.15) is 104 Å². The number of carbonyl (C=O) groups is 5. The van der Waals surface area contributed by atoms with Crippen molar-refractivity contribution in [1.82, 2.24) is 34.4 Å². The van der Waals surface area contributed by atoms with Gasteiger partial charge in [0.1, 0.15) is 35.7 Å². The first-order valence-corrected chi connectivity index (χ1v) is 29.1. The van der Waals surface area contributed by atoms with Gasteiger partial charge in [0.15, 0.2) is 6.61 Å². The quantitative estimate of drug-likeness (QED) is 0.0328. The Labute approximate surface area is 475 Å². The molecule has 432 valence electrons. The van der Waals surface area contributed by atoms with Gasteiger partial charge in [0, 0.05) is 91.5 Å². The van der Waals surface area contributed by atoms with E-state index in [1.165, 1.54) is 17.0 Å². The number of nitrogens with one attached hydrogen (secondary N) is 1. The van der Waals surface area contributed by atoms with Crippen LogP contribution in [0.5, 0.6) is 11.5 Å². The second-order valence-corrected chi connectivity index (χ2v) is 24.5. The third-order valence-corrected chi connectivity index (χ3v) is 16.8. The highest BCUT2D eigenvalue weighted by molar-refractivity contribution is 7.48. The summed E-state index contributed by atoms with van der Waals surface area (Å²) in [6.07, 6.45) is 1.19. The van der Waals surface area contributed by atoms with Gasteiger partial charge >= 0.3 is 13.8 Å². The zero-order valence-corrected chi connectivity index (χ0v) is 49.0. The molecule has 81 heavy (non-hydrogen) atoms. The number of imide groups is 1. The highest BCUT2D eigenvalue weighted by Crippen LogP contribution is 2.55. The van der Waals surface area contributed by atoms with Gasteiger partial charge in [-0.15, -0.1) is 0 Å². The third kappa shape index (κ3) is 13.3. The van der Waals surface area contributed by atoms with E-state index in [-0.39, 0.29) is 75.0 Å². The second kappa shape index (κ2) is 24.0. The van der Waals surface area contributed by atoms with Crippen molar-refractivity contribution in [3.05, 3.63) is 111 Å². The number of hydrogen-bond donors (Lipinski definition) is 1. The molecule has 2 fully saturated rings. The summed E-state index contributed by atoms with van der Waals surface area (Å²) < 4.78 is 67.8. The molecule has 19 nitrogen and oxygen atoms in total. The minimum Gasteiger partial charge on any atom is -0.493 e. The second-order valence-electron chi connectivity index (χ2n) is 22.6. The Morgan fingerprint density at radius 3 is 2.23 bits per heavy atom. The Morgan fingerprint density at radius 2 is 1.54 bits per heavy atom. The van der Waals surface area contributed by atoms with Gasteiger partial charge in [0.25, 0.3) is 11.8 Å². The Hall–Kier alpha value is -6.67. The van der Waals surface area contributed by atoms with Crippen molar-refractivity contribution in [2.75, 3.05) is 59.2 Å². The van der Waals surface area contributed by atoms with Crippen LogP contribution in [0.4, 0.5) is 4.39 Å². The molecular formula is C59H70ClFN7O12P. The fourth-order valence-corrected chi connectivity index (χ4v) is 12.9. The molecule has 1 atom stereocenters. The first kappa shape index (κ1) is 59.0. The SMILES string of the molecule is Cc1nn(C)c(C)c1-c1c(Cl)ccc2c(CCCOc3cccc4cc(F)ccc34)c(C(=O)OCCOP(=O)(OC(C)(C)C)OC(C)(C)C)n(CCN3CCN(C(=O)COc4cccc5c4CN(C4CCC(=O)NC4=O)C5=O)CC3)c12. The molecular weight excluding hydrogens is 1080 g/mol. The molecule has 1 unspecified atom stereocenters. The number of halogens is 2. The fourth-order valence-electron chi connectivity index (χ4n) is 10.8. The zero-order chi connectivity index (χ0) is 58.1. The molecule has 0 radical (unpaired) electrons. The summed E-state index contributed by atoms with van der Waals surface area (Å²) in [7, 11) is -2.28.